The Kier molecular flexibility index (Phi) is 5.62. The molecule has 26 heavy (non-hydrogen) atoms. The van der Waals surface area contributed by atoms with Gasteiger partial charge in [0.1, 0.15) is 5.82 Å². The van der Waals surface area contributed by atoms with Crippen LogP contribution >= 0.6 is 11.8 Å². The molecule has 0 aliphatic heterocycles. The maximum Gasteiger partial charge on any atom is 0.316 e. The van der Waals surface area contributed by atoms with Crippen molar-refractivity contribution in [2.24, 2.45) is 0 Å². The van der Waals surface area contributed by atoms with Gasteiger partial charge in [-0.2, -0.15) is 4.98 Å². The molecule has 8 heteroatoms. The van der Waals surface area contributed by atoms with Gasteiger partial charge in [0.05, 0.1) is 12.4 Å². The van der Waals surface area contributed by atoms with E-state index in [1.165, 1.54) is 6.07 Å². The number of hydrogen-bond donors (Lipinski definition) is 2. The SMILES string of the molecule is CCOC(=O)CSc1nc(=O)cc(N)n1CCc1c[nH]c2ccccc12. The molecule has 0 radical (unpaired) electrons. The fourth-order valence-corrected chi connectivity index (χ4v) is 3.57. The number of ether oxygens (including phenoxy) is 1. The number of nitrogens with two attached hydrogens (primary N) is 1. The summed E-state index contributed by atoms with van der Waals surface area (Å²) in [7, 11) is 0. The largest absolute Gasteiger partial charge is 0.465 e. The van der Waals surface area contributed by atoms with Crippen LogP contribution in [0.5, 0.6) is 0 Å². The average Bonchev–Trinajstić information content (AvgIpc) is 3.02. The molecule has 3 N–H and O–H groups in total. The Hall–Kier alpha value is -2.74. The highest BCUT2D eigenvalue weighted by molar-refractivity contribution is 7.99. The zero-order valence-electron chi connectivity index (χ0n) is 14.4. The third-order valence-corrected chi connectivity index (χ3v) is 4.87. The summed E-state index contributed by atoms with van der Waals surface area (Å²) < 4.78 is 6.68. The molecule has 3 aromatic rings. The number of nitrogen functional groups attached to an aromatic ring is 1. The van der Waals surface area contributed by atoms with E-state index in [0.717, 1.165) is 28.2 Å². The first-order valence-corrected chi connectivity index (χ1v) is 9.28. The standard InChI is InChI=1S/C18H20N4O3S/c1-2-25-17(24)11-26-18-21-16(23)9-15(19)22(18)8-7-12-10-20-14-6-4-3-5-13(12)14/h3-6,9-10,20H,2,7-8,11,19H2,1H3. The van der Waals surface area contributed by atoms with Crippen molar-refractivity contribution in [3.63, 3.8) is 0 Å². The number of nitrogens with zero attached hydrogens (tertiary/aromatic N) is 2. The molecule has 0 aliphatic rings. The summed E-state index contributed by atoms with van der Waals surface area (Å²) in [6.07, 6.45) is 2.69. The van der Waals surface area contributed by atoms with E-state index in [9.17, 15) is 9.59 Å². The van der Waals surface area contributed by atoms with Crippen molar-refractivity contribution < 1.29 is 9.53 Å². The van der Waals surface area contributed by atoms with Crippen LogP contribution in [0.15, 0.2) is 46.5 Å². The number of nitrogens with one attached hydrogen (secondary N) is 1. The lowest BCUT2D eigenvalue weighted by molar-refractivity contribution is -0.139. The van der Waals surface area contributed by atoms with Gasteiger partial charge in [-0.1, -0.05) is 30.0 Å². The van der Waals surface area contributed by atoms with E-state index in [1.54, 1.807) is 11.5 Å². The fraction of sp³-hybridized carbons (Fsp3) is 0.278. The molecular formula is C18H20N4O3S. The fourth-order valence-electron chi connectivity index (χ4n) is 2.73. The number of fused-ring (bicyclic) bond motifs is 1. The lowest BCUT2D eigenvalue weighted by atomic mass is 10.1. The maximum absolute atomic E-state index is 11.7. The van der Waals surface area contributed by atoms with Crippen molar-refractivity contribution in [1.82, 2.24) is 14.5 Å². The zero-order chi connectivity index (χ0) is 18.5. The molecular weight excluding hydrogens is 352 g/mol. The van der Waals surface area contributed by atoms with E-state index in [0.29, 0.717) is 30.5 Å². The molecule has 0 amide bonds. The van der Waals surface area contributed by atoms with Crippen molar-refractivity contribution in [3.05, 3.63) is 52.4 Å². The second-order valence-electron chi connectivity index (χ2n) is 5.66. The van der Waals surface area contributed by atoms with Crippen molar-refractivity contribution in [2.75, 3.05) is 18.1 Å². The van der Waals surface area contributed by atoms with Crippen molar-refractivity contribution in [2.45, 2.75) is 25.0 Å². The first-order valence-electron chi connectivity index (χ1n) is 8.29. The molecule has 7 nitrogen and oxygen atoms in total. The minimum absolute atomic E-state index is 0.0802. The maximum atomic E-state index is 11.7. The Morgan fingerprint density at radius 1 is 1.38 bits per heavy atom. The van der Waals surface area contributed by atoms with Crippen LogP contribution < -0.4 is 11.3 Å². The van der Waals surface area contributed by atoms with Gasteiger partial charge in [0.25, 0.3) is 5.56 Å². The monoisotopic (exact) mass is 372 g/mol. The first-order chi connectivity index (χ1) is 12.6. The number of esters is 1. The molecule has 0 aliphatic carbocycles. The molecule has 136 valence electrons. The summed E-state index contributed by atoms with van der Waals surface area (Å²) in [5.74, 6) is 0.0603. The first kappa shape index (κ1) is 18.1. The summed E-state index contributed by atoms with van der Waals surface area (Å²) in [6.45, 7) is 2.61. The Balaban J connectivity index is 1.80. The van der Waals surface area contributed by atoms with Crippen LogP contribution in [-0.2, 0) is 22.5 Å². The minimum atomic E-state index is -0.419. The van der Waals surface area contributed by atoms with E-state index < -0.39 is 5.56 Å². The molecule has 0 fully saturated rings. The molecule has 3 rings (SSSR count). The van der Waals surface area contributed by atoms with Gasteiger partial charge in [-0.3, -0.25) is 9.59 Å². The molecule has 0 unspecified atom stereocenters. The van der Waals surface area contributed by atoms with E-state index in [4.69, 9.17) is 10.5 Å². The lowest BCUT2D eigenvalue weighted by Gasteiger charge is -2.14. The number of H-pyrrole nitrogens is 1. The highest BCUT2D eigenvalue weighted by Crippen LogP contribution is 2.21. The van der Waals surface area contributed by atoms with Crippen molar-refractivity contribution >= 4 is 34.5 Å². The topological polar surface area (TPSA) is 103 Å². The van der Waals surface area contributed by atoms with E-state index in [-0.39, 0.29) is 11.7 Å². The molecule has 0 saturated carbocycles. The number of anilines is 1. The number of aryl methyl sites for hydroxylation is 1. The van der Waals surface area contributed by atoms with Gasteiger partial charge >= 0.3 is 5.97 Å². The second-order valence-corrected chi connectivity index (χ2v) is 6.60. The van der Waals surface area contributed by atoms with Crippen LogP contribution in [0.25, 0.3) is 10.9 Å². The highest BCUT2D eigenvalue weighted by atomic mass is 32.2. The number of carbonyl (C=O) groups excluding carboxylic acids is 1. The second kappa shape index (κ2) is 8.09. The van der Waals surface area contributed by atoms with E-state index >= 15 is 0 Å². The number of aromatic nitrogens is 3. The quantitative estimate of drug-likeness (QED) is 0.374. The minimum Gasteiger partial charge on any atom is -0.465 e. The van der Waals surface area contributed by atoms with Crippen LogP contribution in [0.2, 0.25) is 0 Å². The number of benzene rings is 1. The van der Waals surface area contributed by atoms with Crippen LogP contribution in [-0.4, -0.2) is 32.9 Å². The Morgan fingerprint density at radius 3 is 3.00 bits per heavy atom. The molecule has 0 saturated heterocycles. The predicted molar refractivity (Wildman–Crippen MR) is 102 cm³/mol. The van der Waals surface area contributed by atoms with Gasteiger partial charge in [-0.05, 0) is 25.0 Å². The summed E-state index contributed by atoms with van der Waals surface area (Å²) in [5, 5.41) is 1.57. The van der Waals surface area contributed by atoms with Gasteiger partial charge in [-0.15, -0.1) is 0 Å². The average molecular weight is 372 g/mol. The number of aromatic amines is 1. The number of carbonyl (C=O) groups is 1. The lowest BCUT2D eigenvalue weighted by Crippen LogP contribution is -2.19. The summed E-state index contributed by atoms with van der Waals surface area (Å²) in [6, 6.07) is 9.36. The van der Waals surface area contributed by atoms with Gasteiger partial charge < -0.3 is 20.0 Å². The van der Waals surface area contributed by atoms with E-state index in [2.05, 4.69) is 16.0 Å². The highest BCUT2D eigenvalue weighted by Gasteiger charge is 2.12. The van der Waals surface area contributed by atoms with Crippen molar-refractivity contribution in [3.8, 4) is 0 Å². The van der Waals surface area contributed by atoms with Gasteiger partial charge in [0, 0.05) is 29.7 Å². The molecule has 0 bridgehead atoms. The molecule has 2 heterocycles. The van der Waals surface area contributed by atoms with Crippen molar-refractivity contribution in [1.29, 1.82) is 0 Å². The van der Waals surface area contributed by atoms with Crippen LogP contribution in [0.4, 0.5) is 5.82 Å². The van der Waals surface area contributed by atoms with Crippen LogP contribution in [0, 0.1) is 0 Å². The number of hydrogen-bond acceptors (Lipinski definition) is 6. The normalized spacial score (nSPS) is 11.0. The number of thioether (sulfide) groups is 1. The molecule has 2 aromatic heterocycles. The summed E-state index contributed by atoms with van der Waals surface area (Å²) >= 11 is 1.15. The molecule has 1 aromatic carbocycles. The van der Waals surface area contributed by atoms with Gasteiger partial charge in [0.15, 0.2) is 5.16 Å². The summed E-state index contributed by atoms with van der Waals surface area (Å²) in [5.41, 5.74) is 7.83. The number of rotatable bonds is 7. The molecule has 0 atom stereocenters. The zero-order valence-corrected chi connectivity index (χ0v) is 15.2. The third kappa shape index (κ3) is 4.08. The Morgan fingerprint density at radius 2 is 2.19 bits per heavy atom. The Bertz CT molecular complexity index is 980. The van der Waals surface area contributed by atoms with Crippen LogP contribution in [0.1, 0.15) is 12.5 Å². The van der Waals surface area contributed by atoms with E-state index in [1.807, 2.05) is 24.4 Å². The number of para-hydroxylation sites is 1. The van der Waals surface area contributed by atoms with Crippen LogP contribution in [0.3, 0.4) is 0 Å². The Labute approximate surface area is 154 Å². The van der Waals surface area contributed by atoms with Gasteiger partial charge in [0.2, 0.25) is 0 Å². The summed E-state index contributed by atoms with van der Waals surface area (Å²) in [4.78, 5) is 30.5. The third-order valence-electron chi connectivity index (χ3n) is 3.92. The predicted octanol–water partition coefficient (Wildman–Crippen LogP) is 2.20. The smallest absolute Gasteiger partial charge is 0.316 e. The van der Waals surface area contributed by atoms with Gasteiger partial charge in [-0.25, -0.2) is 0 Å². The molecule has 0 spiro atoms.